The van der Waals surface area contributed by atoms with Crippen molar-refractivity contribution in [3.63, 3.8) is 0 Å². The summed E-state index contributed by atoms with van der Waals surface area (Å²) in [4.78, 5) is 0. The van der Waals surface area contributed by atoms with Gasteiger partial charge in [0.25, 0.3) is 0 Å². The molecule has 2 unspecified atom stereocenters. The molecule has 0 aromatic heterocycles. The van der Waals surface area contributed by atoms with Gasteiger partial charge in [0.05, 0.1) is 5.54 Å². The number of hydrogen-bond acceptors (Lipinski definition) is 2. The molecule has 1 aliphatic rings. The first-order chi connectivity index (χ1) is 8.37. The molecule has 100 valence electrons. The minimum Gasteiger partial charge on any atom is -0.378 e. The Bertz CT molecular complexity index is 413. The van der Waals surface area contributed by atoms with Crippen LogP contribution < -0.4 is 11.1 Å². The molecule has 2 rings (SSSR count). The quantitative estimate of drug-likeness (QED) is 0.863. The molecule has 1 aromatic rings. The van der Waals surface area contributed by atoms with Crippen LogP contribution in [0.2, 0.25) is 0 Å². The highest BCUT2D eigenvalue weighted by atomic mass is 19.1. The van der Waals surface area contributed by atoms with E-state index in [4.69, 9.17) is 5.73 Å². The monoisotopic (exact) mass is 250 g/mol. The van der Waals surface area contributed by atoms with E-state index in [0.717, 1.165) is 12.1 Å². The lowest BCUT2D eigenvalue weighted by Crippen LogP contribution is -2.48. The zero-order chi connectivity index (χ0) is 13.4. The van der Waals surface area contributed by atoms with Crippen LogP contribution >= 0.6 is 0 Å². The van der Waals surface area contributed by atoms with E-state index in [0.29, 0.717) is 17.9 Å². The normalized spacial score (nSPS) is 30.4. The molecule has 0 heterocycles. The first-order valence-corrected chi connectivity index (χ1v) is 6.61. The smallest absolute Gasteiger partial charge is 0.123 e. The van der Waals surface area contributed by atoms with E-state index in [1.807, 2.05) is 0 Å². The fourth-order valence-electron chi connectivity index (χ4n) is 3.44. The number of hydrogen-bond donors (Lipinski definition) is 2. The SMILES string of the molecule is CC1CC(C)(C)CC1(CN)Nc1ccc(F)cc1. The van der Waals surface area contributed by atoms with Crippen LogP contribution in [0, 0.1) is 17.2 Å². The molecule has 2 atom stereocenters. The lowest BCUT2D eigenvalue weighted by atomic mass is 9.86. The van der Waals surface area contributed by atoms with Crippen molar-refractivity contribution in [1.82, 2.24) is 0 Å². The lowest BCUT2D eigenvalue weighted by Gasteiger charge is -2.35. The molecule has 1 saturated carbocycles. The largest absolute Gasteiger partial charge is 0.378 e. The first kappa shape index (κ1) is 13.3. The summed E-state index contributed by atoms with van der Waals surface area (Å²) < 4.78 is 12.9. The van der Waals surface area contributed by atoms with Crippen LogP contribution in [0.3, 0.4) is 0 Å². The van der Waals surface area contributed by atoms with Gasteiger partial charge in [0.15, 0.2) is 0 Å². The predicted octanol–water partition coefficient (Wildman–Crippen LogP) is 3.39. The van der Waals surface area contributed by atoms with E-state index < -0.39 is 0 Å². The average molecular weight is 250 g/mol. The van der Waals surface area contributed by atoms with E-state index in [9.17, 15) is 4.39 Å². The Balaban J connectivity index is 2.21. The molecule has 3 heteroatoms. The fourth-order valence-corrected chi connectivity index (χ4v) is 3.44. The van der Waals surface area contributed by atoms with Gasteiger partial charge in [-0.2, -0.15) is 0 Å². The third kappa shape index (κ3) is 2.51. The van der Waals surface area contributed by atoms with Crippen molar-refractivity contribution in [3.8, 4) is 0 Å². The molecule has 1 aliphatic carbocycles. The van der Waals surface area contributed by atoms with Crippen molar-refractivity contribution < 1.29 is 4.39 Å². The summed E-state index contributed by atoms with van der Waals surface area (Å²) in [7, 11) is 0. The second kappa shape index (κ2) is 4.54. The number of nitrogens with two attached hydrogens (primary N) is 1. The van der Waals surface area contributed by atoms with Crippen LogP contribution in [0.25, 0.3) is 0 Å². The summed E-state index contributed by atoms with van der Waals surface area (Å²) in [6.45, 7) is 7.42. The maximum absolute atomic E-state index is 12.9. The van der Waals surface area contributed by atoms with Gasteiger partial charge in [0.2, 0.25) is 0 Å². The third-order valence-corrected chi connectivity index (χ3v) is 4.20. The maximum Gasteiger partial charge on any atom is 0.123 e. The topological polar surface area (TPSA) is 38.0 Å². The number of nitrogens with one attached hydrogen (secondary N) is 1. The predicted molar refractivity (Wildman–Crippen MR) is 74.0 cm³/mol. The van der Waals surface area contributed by atoms with Gasteiger partial charge in [-0.3, -0.25) is 0 Å². The average Bonchev–Trinajstić information content (AvgIpc) is 2.52. The Labute approximate surface area is 109 Å². The summed E-state index contributed by atoms with van der Waals surface area (Å²) in [5.74, 6) is 0.310. The van der Waals surface area contributed by atoms with Crippen molar-refractivity contribution in [3.05, 3.63) is 30.1 Å². The number of rotatable bonds is 3. The van der Waals surface area contributed by atoms with Crippen LogP contribution in [0.4, 0.5) is 10.1 Å². The molecule has 0 saturated heterocycles. The zero-order valence-electron chi connectivity index (χ0n) is 11.5. The Hall–Kier alpha value is -1.09. The molecule has 0 spiro atoms. The van der Waals surface area contributed by atoms with Crippen LogP contribution in [-0.2, 0) is 0 Å². The Morgan fingerprint density at radius 1 is 1.33 bits per heavy atom. The molecule has 0 bridgehead atoms. The lowest BCUT2D eigenvalue weighted by molar-refractivity contribution is 0.350. The summed E-state index contributed by atoms with van der Waals surface area (Å²) >= 11 is 0. The molecule has 1 fully saturated rings. The van der Waals surface area contributed by atoms with E-state index in [-0.39, 0.29) is 11.4 Å². The summed E-state index contributed by atoms with van der Waals surface area (Å²) in [6, 6.07) is 6.53. The number of anilines is 1. The van der Waals surface area contributed by atoms with Crippen LogP contribution in [0.5, 0.6) is 0 Å². The van der Waals surface area contributed by atoms with Gasteiger partial charge in [-0.1, -0.05) is 20.8 Å². The molecule has 0 amide bonds. The standard InChI is InChI=1S/C15H23FN2/c1-11-8-14(2,3)9-15(11,10-17)18-13-6-4-12(16)5-7-13/h4-7,11,18H,8-10,17H2,1-3H3. The van der Waals surface area contributed by atoms with Crippen molar-refractivity contribution >= 4 is 5.69 Å². The van der Waals surface area contributed by atoms with Gasteiger partial charge in [-0.05, 0) is 48.4 Å². The van der Waals surface area contributed by atoms with E-state index in [2.05, 4.69) is 26.1 Å². The number of halogens is 1. The van der Waals surface area contributed by atoms with Crippen molar-refractivity contribution in [2.24, 2.45) is 17.1 Å². The second-order valence-electron chi connectivity index (χ2n) is 6.44. The van der Waals surface area contributed by atoms with Crippen LogP contribution in [0.1, 0.15) is 33.6 Å². The van der Waals surface area contributed by atoms with Gasteiger partial charge in [-0.25, -0.2) is 4.39 Å². The molecule has 2 nitrogen and oxygen atoms in total. The summed E-state index contributed by atoms with van der Waals surface area (Å²) in [5.41, 5.74) is 7.22. The minimum atomic E-state index is -0.206. The Morgan fingerprint density at radius 3 is 2.39 bits per heavy atom. The Kier molecular flexibility index (Phi) is 3.37. The van der Waals surface area contributed by atoms with Gasteiger partial charge in [0, 0.05) is 12.2 Å². The molecule has 0 radical (unpaired) electrons. The van der Waals surface area contributed by atoms with E-state index >= 15 is 0 Å². The van der Waals surface area contributed by atoms with Crippen molar-refractivity contribution in [1.29, 1.82) is 0 Å². The zero-order valence-corrected chi connectivity index (χ0v) is 11.5. The van der Waals surface area contributed by atoms with Gasteiger partial charge < -0.3 is 11.1 Å². The number of benzene rings is 1. The molecule has 1 aromatic carbocycles. The molecular weight excluding hydrogens is 227 g/mol. The van der Waals surface area contributed by atoms with Crippen molar-refractivity contribution in [2.45, 2.75) is 39.2 Å². The summed E-state index contributed by atoms with van der Waals surface area (Å²) in [6.07, 6.45) is 2.22. The Morgan fingerprint density at radius 2 is 1.94 bits per heavy atom. The second-order valence-corrected chi connectivity index (χ2v) is 6.44. The maximum atomic E-state index is 12.9. The molecule has 18 heavy (non-hydrogen) atoms. The van der Waals surface area contributed by atoms with Gasteiger partial charge in [-0.15, -0.1) is 0 Å². The molecular formula is C15H23FN2. The van der Waals surface area contributed by atoms with E-state index in [1.54, 1.807) is 12.1 Å². The fraction of sp³-hybridized carbons (Fsp3) is 0.600. The van der Waals surface area contributed by atoms with Crippen LogP contribution in [0.15, 0.2) is 24.3 Å². The van der Waals surface area contributed by atoms with Gasteiger partial charge in [0.1, 0.15) is 5.82 Å². The molecule has 3 N–H and O–H groups in total. The highest BCUT2D eigenvalue weighted by Crippen LogP contribution is 2.48. The highest BCUT2D eigenvalue weighted by molar-refractivity contribution is 5.46. The minimum absolute atomic E-state index is 0.0681. The van der Waals surface area contributed by atoms with Gasteiger partial charge >= 0.3 is 0 Å². The third-order valence-electron chi connectivity index (χ3n) is 4.20. The summed E-state index contributed by atoms with van der Waals surface area (Å²) in [5, 5.41) is 3.54. The van der Waals surface area contributed by atoms with E-state index in [1.165, 1.54) is 18.6 Å². The van der Waals surface area contributed by atoms with Crippen molar-refractivity contribution in [2.75, 3.05) is 11.9 Å². The molecule has 0 aliphatic heterocycles. The highest BCUT2D eigenvalue weighted by Gasteiger charge is 2.47. The van der Waals surface area contributed by atoms with Crippen LogP contribution in [-0.4, -0.2) is 12.1 Å². The first-order valence-electron chi connectivity index (χ1n) is 6.61.